The van der Waals surface area contributed by atoms with Crippen molar-refractivity contribution in [2.45, 2.75) is 25.9 Å². The number of alkyl halides is 3. The molecule has 0 saturated carbocycles. The Morgan fingerprint density at radius 1 is 1.11 bits per heavy atom. The maximum Gasteiger partial charge on any atom is 0.573 e. The highest BCUT2D eigenvalue weighted by Crippen LogP contribution is 2.30. The number of benzene rings is 1. The monoisotopic (exact) mass is 520 g/mol. The van der Waals surface area contributed by atoms with Crippen LogP contribution in [0.3, 0.4) is 0 Å². The van der Waals surface area contributed by atoms with Gasteiger partial charge in [0.05, 0.1) is 12.2 Å². The molecule has 2 aliphatic rings. The minimum atomic E-state index is -4.85. The summed E-state index contributed by atoms with van der Waals surface area (Å²) in [5, 5.41) is 2.77. The van der Waals surface area contributed by atoms with Crippen LogP contribution in [-0.2, 0) is 16.1 Å². The molecule has 4 amide bonds. The zero-order valence-electron chi connectivity index (χ0n) is 20.4. The number of hydrogen-bond donors (Lipinski definition) is 1. The van der Waals surface area contributed by atoms with E-state index in [-0.39, 0.29) is 24.7 Å². The van der Waals surface area contributed by atoms with Crippen molar-refractivity contribution in [3.63, 3.8) is 0 Å². The number of ether oxygens (including phenoxy) is 1. The van der Waals surface area contributed by atoms with Crippen molar-refractivity contribution in [1.82, 2.24) is 19.7 Å². The third kappa shape index (κ3) is 6.54. The third-order valence-electron chi connectivity index (χ3n) is 6.22. The fraction of sp³-hybridized carbons (Fsp3) is 0.417. The Hall–Kier alpha value is -3.71. The summed E-state index contributed by atoms with van der Waals surface area (Å²) in [4.78, 5) is 49.1. The highest BCUT2D eigenvalue weighted by Gasteiger charge is 2.43. The summed E-state index contributed by atoms with van der Waals surface area (Å²) in [5.41, 5.74) is 0.777. The number of halogens is 3. The maximum atomic E-state index is 13.1. The fourth-order valence-electron chi connectivity index (χ4n) is 4.18. The van der Waals surface area contributed by atoms with Crippen molar-refractivity contribution in [2.24, 2.45) is 0 Å². The summed E-state index contributed by atoms with van der Waals surface area (Å²) in [6, 6.07) is 6.40. The number of amides is 4. The molecule has 0 aliphatic carbocycles. The number of carbonyl (C=O) groups is 3. The first kappa shape index (κ1) is 26.4. The SMILES string of the molecule is CC1C(=O)N(c2ccc(OC(F)(F)F)cc2)C(=O)N1Cc1ccnc(NC(=O)CN2CCN(C)CC2)c1. The van der Waals surface area contributed by atoms with Gasteiger partial charge in [-0.25, -0.2) is 14.7 Å². The molecule has 0 spiro atoms. The van der Waals surface area contributed by atoms with E-state index in [4.69, 9.17) is 0 Å². The molecular weight excluding hydrogens is 493 g/mol. The molecule has 2 aliphatic heterocycles. The quantitative estimate of drug-likeness (QED) is 0.561. The molecule has 1 N–H and O–H groups in total. The molecule has 3 heterocycles. The van der Waals surface area contributed by atoms with Crippen LogP contribution in [0, 0.1) is 0 Å². The fourth-order valence-corrected chi connectivity index (χ4v) is 4.18. The summed E-state index contributed by atoms with van der Waals surface area (Å²) in [6.07, 6.45) is -3.34. The van der Waals surface area contributed by atoms with Crippen LogP contribution < -0.4 is 15.0 Å². The van der Waals surface area contributed by atoms with E-state index in [1.54, 1.807) is 19.1 Å². The number of hydrogen-bond acceptors (Lipinski definition) is 7. The predicted molar refractivity (Wildman–Crippen MR) is 128 cm³/mol. The van der Waals surface area contributed by atoms with Gasteiger partial charge in [0.25, 0.3) is 5.91 Å². The zero-order valence-corrected chi connectivity index (χ0v) is 20.4. The lowest BCUT2D eigenvalue weighted by Gasteiger charge is -2.31. The summed E-state index contributed by atoms with van der Waals surface area (Å²) in [6.45, 7) is 5.28. The molecule has 1 atom stereocenters. The van der Waals surface area contributed by atoms with E-state index in [2.05, 4.69) is 24.8 Å². The summed E-state index contributed by atoms with van der Waals surface area (Å²) in [7, 11) is 2.04. The minimum absolute atomic E-state index is 0.0708. The van der Waals surface area contributed by atoms with Crippen LogP contribution in [0.2, 0.25) is 0 Å². The number of carbonyl (C=O) groups excluding carboxylic acids is 3. The van der Waals surface area contributed by atoms with E-state index in [9.17, 15) is 27.6 Å². The van der Waals surface area contributed by atoms with E-state index in [1.165, 1.54) is 23.2 Å². The van der Waals surface area contributed by atoms with Crippen molar-refractivity contribution in [3.8, 4) is 5.75 Å². The van der Waals surface area contributed by atoms with Gasteiger partial charge in [0.15, 0.2) is 0 Å². The highest BCUT2D eigenvalue weighted by molar-refractivity contribution is 6.21. The van der Waals surface area contributed by atoms with Crippen molar-refractivity contribution in [1.29, 1.82) is 0 Å². The molecule has 2 aromatic rings. The largest absolute Gasteiger partial charge is 0.573 e. The normalized spacial score (nSPS) is 19.4. The Bertz CT molecular complexity index is 1150. The van der Waals surface area contributed by atoms with Crippen molar-refractivity contribution >= 4 is 29.4 Å². The van der Waals surface area contributed by atoms with Crippen LogP contribution in [0.25, 0.3) is 0 Å². The Morgan fingerprint density at radius 3 is 2.43 bits per heavy atom. The molecule has 2 saturated heterocycles. The second kappa shape index (κ2) is 10.7. The zero-order chi connectivity index (χ0) is 26.7. The molecule has 37 heavy (non-hydrogen) atoms. The first-order valence-corrected chi connectivity index (χ1v) is 11.7. The number of pyridine rings is 1. The van der Waals surface area contributed by atoms with Gasteiger partial charge in [0, 0.05) is 38.9 Å². The Kier molecular flexibility index (Phi) is 7.64. The number of likely N-dealkylation sites (N-methyl/N-ethyl adjacent to an activating group) is 1. The lowest BCUT2D eigenvalue weighted by atomic mass is 10.2. The molecule has 2 fully saturated rings. The van der Waals surface area contributed by atoms with Crippen molar-refractivity contribution in [3.05, 3.63) is 48.2 Å². The average molecular weight is 521 g/mol. The van der Waals surface area contributed by atoms with E-state index < -0.39 is 30.1 Å². The predicted octanol–water partition coefficient (Wildman–Crippen LogP) is 2.52. The topological polar surface area (TPSA) is 98.3 Å². The van der Waals surface area contributed by atoms with Crippen LogP contribution >= 0.6 is 0 Å². The number of rotatable bonds is 7. The number of aromatic nitrogens is 1. The summed E-state index contributed by atoms with van der Waals surface area (Å²) < 4.78 is 41.1. The molecule has 1 aromatic carbocycles. The van der Waals surface area contributed by atoms with Gasteiger partial charge in [-0.15, -0.1) is 13.2 Å². The van der Waals surface area contributed by atoms with Crippen LogP contribution in [-0.4, -0.2) is 89.7 Å². The van der Waals surface area contributed by atoms with Gasteiger partial charge in [0.1, 0.15) is 17.6 Å². The smallest absolute Gasteiger partial charge is 0.406 e. The summed E-state index contributed by atoms with van der Waals surface area (Å²) >= 11 is 0. The molecular formula is C24H27F3N6O4. The summed E-state index contributed by atoms with van der Waals surface area (Å²) in [5.74, 6) is -0.832. The van der Waals surface area contributed by atoms with E-state index in [1.807, 2.05) is 7.05 Å². The molecule has 0 radical (unpaired) electrons. The second-order valence-electron chi connectivity index (χ2n) is 8.98. The van der Waals surface area contributed by atoms with E-state index in [0.29, 0.717) is 11.4 Å². The lowest BCUT2D eigenvalue weighted by molar-refractivity contribution is -0.274. The standard InChI is InChI=1S/C24H27F3N6O4/c1-16-22(35)33(18-3-5-19(6-4-18)37-24(25,26)27)23(36)32(16)14-17-7-8-28-20(13-17)29-21(34)15-31-11-9-30(2)10-12-31/h3-8,13,16H,9-12,14-15H2,1-2H3,(H,28,29,34). The number of nitrogens with zero attached hydrogens (tertiary/aromatic N) is 5. The number of imide groups is 1. The first-order valence-electron chi connectivity index (χ1n) is 11.7. The molecule has 1 aromatic heterocycles. The first-order chi connectivity index (χ1) is 17.5. The van der Waals surface area contributed by atoms with Crippen molar-refractivity contribution < 1.29 is 32.3 Å². The average Bonchev–Trinajstić information content (AvgIpc) is 3.03. The lowest BCUT2D eigenvalue weighted by Crippen LogP contribution is -2.47. The Balaban J connectivity index is 1.39. The molecule has 13 heteroatoms. The van der Waals surface area contributed by atoms with Gasteiger partial charge < -0.3 is 19.9 Å². The molecule has 0 bridgehead atoms. The van der Waals surface area contributed by atoms with Gasteiger partial charge >= 0.3 is 12.4 Å². The number of piperazine rings is 1. The highest BCUT2D eigenvalue weighted by atomic mass is 19.4. The molecule has 1 unspecified atom stereocenters. The van der Waals surface area contributed by atoms with Gasteiger partial charge in [-0.05, 0) is 55.9 Å². The second-order valence-corrected chi connectivity index (χ2v) is 8.98. The Labute approximate surface area is 211 Å². The van der Waals surface area contributed by atoms with Crippen LogP contribution in [0.5, 0.6) is 5.75 Å². The van der Waals surface area contributed by atoms with Gasteiger partial charge in [0.2, 0.25) is 5.91 Å². The Morgan fingerprint density at radius 2 is 1.78 bits per heavy atom. The van der Waals surface area contributed by atoms with Crippen LogP contribution in [0.1, 0.15) is 12.5 Å². The van der Waals surface area contributed by atoms with Crippen LogP contribution in [0.4, 0.5) is 29.5 Å². The third-order valence-corrected chi connectivity index (χ3v) is 6.22. The van der Waals surface area contributed by atoms with E-state index in [0.717, 1.165) is 43.2 Å². The number of nitrogens with one attached hydrogen (secondary N) is 1. The molecule has 198 valence electrons. The van der Waals surface area contributed by atoms with Gasteiger partial charge in [-0.3, -0.25) is 14.5 Å². The van der Waals surface area contributed by atoms with Gasteiger partial charge in [-0.1, -0.05) is 0 Å². The molecule has 4 rings (SSSR count). The van der Waals surface area contributed by atoms with Gasteiger partial charge in [-0.2, -0.15) is 0 Å². The number of urea groups is 1. The van der Waals surface area contributed by atoms with Crippen LogP contribution in [0.15, 0.2) is 42.6 Å². The van der Waals surface area contributed by atoms with E-state index >= 15 is 0 Å². The number of anilines is 2. The maximum absolute atomic E-state index is 13.1. The molecule has 10 nitrogen and oxygen atoms in total. The van der Waals surface area contributed by atoms with Crippen molar-refractivity contribution in [2.75, 3.05) is 50.0 Å². The minimum Gasteiger partial charge on any atom is -0.406 e.